The fourth-order valence-corrected chi connectivity index (χ4v) is 2.87. The molecule has 0 saturated carbocycles. The number of rotatable bonds is 11. The van der Waals surface area contributed by atoms with Crippen LogP contribution < -0.4 is 5.32 Å². The van der Waals surface area contributed by atoms with Gasteiger partial charge in [0.1, 0.15) is 0 Å². The van der Waals surface area contributed by atoms with E-state index >= 15 is 0 Å². The number of hydrogen-bond acceptors (Lipinski definition) is 4. The van der Waals surface area contributed by atoms with Crippen molar-refractivity contribution in [1.82, 2.24) is 15.1 Å². The Balaban J connectivity index is 2.49. The number of carbonyl (C=O) groups excluding carboxylic acids is 1. The Kier molecular flexibility index (Phi) is 9.63. The van der Waals surface area contributed by atoms with Crippen molar-refractivity contribution < 1.29 is 9.53 Å². The average molecular weight is 299 g/mol. The van der Waals surface area contributed by atoms with Crippen LogP contribution in [-0.4, -0.2) is 74.7 Å². The molecule has 1 rings (SSSR count). The van der Waals surface area contributed by atoms with E-state index in [-0.39, 0.29) is 5.91 Å². The van der Waals surface area contributed by atoms with Crippen molar-refractivity contribution in [3.8, 4) is 0 Å². The predicted octanol–water partition coefficient (Wildman–Crippen LogP) is 1.34. The molecule has 0 bridgehead atoms. The molecule has 1 atom stereocenters. The maximum absolute atomic E-state index is 12.5. The number of hydrogen-bond donors (Lipinski definition) is 1. The van der Waals surface area contributed by atoms with E-state index in [0.29, 0.717) is 19.2 Å². The van der Waals surface area contributed by atoms with Crippen LogP contribution in [0.5, 0.6) is 0 Å². The van der Waals surface area contributed by atoms with Gasteiger partial charge in [0.25, 0.3) is 0 Å². The minimum Gasteiger partial charge on any atom is -0.383 e. The summed E-state index contributed by atoms with van der Waals surface area (Å²) >= 11 is 0. The van der Waals surface area contributed by atoms with Crippen LogP contribution in [0, 0.1) is 0 Å². The van der Waals surface area contributed by atoms with Gasteiger partial charge in [-0.05, 0) is 32.2 Å². The van der Waals surface area contributed by atoms with Crippen LogP contribution in [0.1, 0.15) is 39.5 Å². The highest BCUT2D eigenvalue weighted by Gasteiger charge is 2.21. The highest BCUT2D eigenvalue weighted by atomic mass is 16.5. The lowest BCUT2D eigenvalue weighted by Crippen LogP contribution is -2.46. The van der Waals surface area contributed by atoms with E-state index in [9.17, 15) is 4.79 Å². The first-order valence-electron chi connectivity index (χ1n) is 8.43. The number of ether oxygens (including phenoxy) is 1. The van der Waals surface area contributed by atoms with E-state index in [0.717, 1.165) is 45.6 Å². The Morgan fingerprint density at radius 1 is 1.24 bits per heavy atom. The Morgan fingerprint density at radius 2 is 1.95 bits per heavy atom. The molecule has 0 spiro atoms. The van der Waals surface area contributed by atoms with Crippen molar-refractivity contribution in [1.29, 1.82) is 0 Å². The molecular weight excluding hydrogens is 266 g/mol. The zero-order valence-electron chi connectivity index (χ0n) is 14.1. The molecule has 124 valence electrons. The van der Waals surface area contributed by atoms with Gasteiger partial charge in [-0.25, -0.2) is 0 Å². The van der Waals surface area contributed by atoms with Crippen molar-refractivity contribution >= 4 is 5.91 Å². The fraction of sp³-hybridized carbons (Fsp3) is 0.938. The second-order valence-electron chi connectivity index (χ2n) is 5.90. The first-order chi connectivity index (χ1) is 10.2. The fourth-order valence-electron chi connectivity index (χ4n) is 2.87. The smallest absolute Gasteiger partial charge is 0.236 e. The van der Waals surface area contributed by atoms with E-state index in [2.05, 4.69) is 24.1 Å². The molecule has 1 saturated heterocycles. The second-order valence-corrected chi connectivity index (χ2v) is 5.90. The molecule has 0 radical (unpaired) electrons. The molecule has 5 nitrogen and oxygen atoms in total. The van der Waals surface area contributed by atoms with E-state index in [1.54, 1.807) is 7.11 Å². The number of nitrogens with one attached hydrogen (secondary N) is 1. The zero-order valence-corrected chi connectivity index (χ0v) is 14.1. The minimum absolute atomic E-state index is 0.257. The number of carbonyl (C=O) groups is 1. The van der Waals surface area contributed by atoms with Crippen LogP contribution >= 0.6 is 0 Å². The predicted molar refractivity (Wildman–Crippen MR) is 86.5 cm³/mol. The molecule has 0 aromatic rings. The second kappa shape index (κ2) is 11.0. The summed E-state index contributed by atoms with van der Waals surface area (Å²) < 4.78 is 5.19. The molecule has 0 aromatic heterocycles. The van der Waals surface area contributed by atoms with E-state index in [1.807, 2.05) is 4.90 Å². The van der Waals surface area contributed by atoms with Gasteiger partial charge in [0.05, 0.1) is 13.2 Å². The van der Waals surface area contributed by atoms with Gasteiger partial charge >= 0.3 is 0 Å². The molecular formula is C16H33N3O2. The molecule has 1 heterocycles. The van der Waals surface area contributed by atoms with E-state index < -0.39 is 0 Å². The average Bonchev–Trinajstić information content (AvgIpc) is 2.97. The third-order valence-electron chi connectivity index (χ3n) is 3.95. The molecule has 1 fully saturated rings. The molecule has 0 aromatic carbocycles. The molecule has 1 aliphatic rings. The molecule has 1 N–H and O–H groups in total. The Hall–Kier alpha value is -0.650. The molecule has 1 amide bonds. The number of nitrogens with zero attached hydrogens (tertiary/aromatic N) is 2. The van der Waals surface area contributed by atoms with Crippen molar-refractivity contribution in [2.75, 3.05) is 53.0 Å². The summed E-state index contributed by atoms with van der Waals surface area (Å²) in [7, 11) is 1.72. The van der Waals surface area contributed by atoms with Gasteiger partial charge in [0, 0.05) is 39.3 Å². The van der Waals surface area contributed by atoms with Crippen LogP contribution in [0.25, 0.3) is 0 Å². The summed E-state index contributed by atoms with van der Waals surface area (Å²) in [4.78, 5) is 16.7. The van der Waals surface area contributed by atoms with Crippen LogP contribution in [0.4, 0.5) is 0 Å². The highest BCUT2D eigenvalue weighted by Crippen LogP contribution is 2.07. The Labute approximate surface area is 130 Å². The van der Waals surface area contributed by atoms with Crippen LogP contribution in [0.15, 0.2) is 0 Å². The van der Waals surface area contributed by atoms with Gasteiger partial charge in [0.2, 0.25) is 5.91 Å². The summed E-state index contributed by atoms with van der Waals surface area (Å²) in [5.41, 5.74) is 0. The van der Waals surface area contributed by atoms with Crippen molar-refractivity contribution in [2.45, 2.75) is 45.6 Å². The summed E-state index contributed by atoms with van der Waals surface area (Å²) in [6, 6.07) is 0.528. The first-order valence-corrected chi connectivity index (χ1v) is 8.43. The van der Waals surface area contributed by atoms with Crippen molar-refractivity contribution in [2.24, 2.45) is 0 Å². The highest BCUT2D eigenvalue weighted by molar-refractivity contribution is 5.78. The topological polar surface area (TPSA) is 44.8 Å². The molecule has 21 heavy (non-hydrogen) atoms. The van der Waals surface area contributed by atoms with Crippen LogP contribution in [0.3, 0.4) is 0 Å². The van der Waals surface area contributed by atoms with Crippen LogP contribution in [0.2, 0.25) is 0 Å². The van der Waals surface area contributed by atoms with Gasteiger partial charge in [-0.2, -0.15) is 0 Å². The first kappa shape index (κ1) is 18.4. The third kappa shape index (κ3) is 7.25. The van der Waals surface area contributed by atoms with Crippen molar-refractivity contribution in [3.05, 3.63) is 0 Å². The maximum Gasteiger partial charge on any atom is 0.236 e. The quantitative estimate of drug-likeness (QED) is 0.625. The summed E-state index contributed by atoms with van der Waals surface area (Å²) in [5.74, 6) is 0.257. The lowest BCUT2D eigenvalue weighted by atomic mass is 10.2. The molecule has 1 aliphatic heterocycles. The maximum atomic E-state index is 12.5. The molecule has 1 unspecified atom stereocenters. The monoisotopic (exact) mass is 299 g/mol. The normalized spacial score (nSPS) is 18.4. The van der Waals surface area contributed by atoms with Gasteiger partial charge in [0.15, 0.2) is 0 Å². The van der Waals surface area contributed by atoms with E-state index in [1.165, 1.54) is 12.8 Å². The zero-order chi connectivity index (χ0) is 15.5. The summed E-state index contributed by atoms with van der Waals surface area (Å²) in [5, 5.41) is 3.51. The molecule has 5 heteroatoms. The standard InChI is InChI=1S/C16H33N3O2/c1-4-9-19(10-5-2)16(20)14-18(11-12-21-3)13-15-7-6-8-17-15/h15,17H,4-14H2,1-3H3. The summed E-state index contributed by atoms with van der Waals surface area (Å²) in [6.45, 7) is 10.1. The van der Waals surface area contributed by atoms with Gasteiger partial charge in [-0.3, -0.25) is 9.69 Å². The SMILES string of the molecule is CCCN(CCC)C(=O)CN(CCOC)CC1CCCN1. The lowest BCUT2D eigenvalue weighted by Gasteiger charge is -2.28. The Bertz CT molecular complexity index is 275. The minimum atomic E-state index is 0.257. The largest absolute Gasteiger partial charge is 0.383 e. The van der Waals surface area contributed by atoms with Gasteiger partial charge in [-0.1, -0.05) is 13.8 Å². The lowest BCUT2D eigenvalue weighted by molar-refractivity contribution is -0.132. The third-order valence-corrected chi connectivity index (χ3v) is 3.95. The van der Waals surface area contributed by atoms with E-state index in [4.69, 9.17) is 4.74 Å². The summed E-state index contributed by atoms with van der Waals surface area (Å²) in [6.07, 6.45) is 4.50. The number of amides is 1. The molecule has 0 aliphatic carbocycles. The van der Waals surface area contributed by atoms with Gasteiger partial charge < -0.3 is 15.0 Å². The number of methoxy groups -OCH3 is 1. The van der Waals surface area contributed by atoms with Crippen molar-refractivity contribution in [3.63, 3.8) is 0 Å². The van der Waals surface area contributed by atoms with Gasteiger partial charge in [-0.15, -0.1) is 0 Å². The van der Waals surface area contributed by atoms with Crippen LogP contribution in [-0.2, 0) is 9.53 Å². The Morgan fingerprint density at radius 3 is 2.48 bits per heavy atom.